The number of hydrogen-bond donors (Lipinski definition) is 1. The lowest BCUT2D eigenvalue weighted by atomic mass is 10.2. The minimum absolute atomic E-state index is 0.0294. The van der Waals surface area contributed by atoms with Gasteiger partial charge in [0.1, 0.15) is 12.3 Å². The summed E-state index contributed by atoms with van der Waals surface area (Å²) in [7, 11) is 0. The summed E-state index contributed by atoms with van der Waals surface area (Å²) in [4.78, 5) is 23.8. The Labute approximate surface area is 156 Å². The molecule has 0 fully saturated rings. The van der Waals surface area contributed by atoms with Crippen LogP contribution in [-0.2, 0) is 16.1 Å². The number of carbonyl (C=O) groups excluding carboxylic acids is 2. The number of ether oxygens (including phenoxy) is 2. The SMILES string of the molecule is O=C(CNC(=O)c1ccccc1OC(F)F)OCc1nnc(-c2ccco2)o1. The first kappa shape index (κ1) is 19.0. The van der Waals surface area contributed by atoms with Crippen molar-refractivity contribution in [2.75, 3.05) is 6.54 Å². The molecule has 0 saturated heterocycles. The summed E-state index contributed by atoms with van der Waals surface area (Å²) in [6.07, 6.45) is 1.44. The fourth-order valence-electron chi connectivity index (χ4n) is 2.11. The molecule has 1 N–H and O–H groups in total. The van der Waals surface area contributed by atoms with E-state index in [0.717, 1.165) is 0 Å². The number of carbonyl (C=O) groups is 2. The second-order valence-corrected chi connectivity index (χ2v) is 5.20. The lowest BCUT2D eigenvalue weighted by Crippen LogP contribution is -2.31. The van der Waals surface area contributed by atoms with Gasteiger partial charge in [0.05, 0.1) is 11.8 Å². The normalized spacial score (nSPS) is 10.7. The monoisotopic (exact) mass is 393 g/mol. The molecule has 0 bridgehead atoms. The number of nitrogens with one attached hydrogen (secondary N) is 1. The summed E-state index contributed by atoms with van der Waals surface area (Å²) in [6.45, 7) is -3.89. The molecular weight excluding hydrogens is 380 g/mol. The maximum Gasteiger partial charge on any atom is 0.387 e. The van der Waals surface area contributed by atoms with Crippen molar-refractivity contribution in [1.29, 1.82) is 0 Å². The van der Waals surface area contributed by atoms with E-state index in [9.17, 15) is 18.4 Å². The molecule has 0 radical (unpaired) electrons. The van der Waals surface area contributed by atoms with E-state index in [1.165, 1.54) is 30.5 Å². The van der Waals surface area contributed by atoms with Gasteiger partial charge in [-0.25, -0.2) is 0 Å². The van der Waals surface area contributed by atoms with Crippen LogP contribution in [0.3, 0.4) is 0 Å². The van der Waals surface area contributed by atoms with Crippen LogP contribution in [0.2, 0.25) is 0 Å². The van der Waals surface area contributed by atoms with E-state index in [0.29, 0.717) is 5.76 Å². The molecule has 2 aromatic heterocycles. The van der Waals surface area contributed by atoms with Gasteiger partial charge >= 0.3 is 12.6 Å². The molecule has 1 amide bonds. The summed E-state index contributed by atoms with van der Waals surface area (Å²) in [5, 5.41) is 9.69. The summed E-state index contributed by atoms with van der Waals surface area (Å²) in [5.41, 5.74) is -0.143. The van der Waals surface area contributed by atoms with Gasteiger partial charge in [-0.05, 0) is 24.3 Å². The molecule has 0 aliphatic carbocycles. The number of para-hydroxylation sites is 1. The summed E-state index contributed by atoms with van der Waals surface area (Å²) >= 11 is 0. The van der Waals surface area contributed by atoms with E-state index in [-0.39, 0.29) is 29.7 Å². The number of rotatable bonds is 8. The fourth-order valence-corrected chi connectivity index (χ4v) is 2.11. The largest absolute Gasteiger partial charge is 0.459 e. The van der Waals surface area contributed by atoms with Crippen molar-refractivity contribution >= 4 is 11.9 Å². The minimum Gasteiger partial charge on any atom is -0.459 e. The highest BCUT2D eigenvalue weighted by molar-refractivity contribution is 5.98. The Kier molecular flexibility index (Phi) is 5.94. The van der Waals surface area contributed by atoms with Crippen molar-refractivity contribution in [3.63, 3.8) is 0 Å². The van der Waals surface area contributed by atoms with Gasteiger partial charge in [-0.2, -0.15) is 8.78 Å². The van der Waals surface area contributed by atoms with E-state index in [1.54, 1.807) is 12.1 Å². The van der Waals surface area contributed by atoms with Crippen molar-refractivity contribution in [2.24, 2.45) is 0 Å². The van der Waals surface area contributed by atoms with Gasteiger partial charge in [0, 0.05) is 0 Å². The Morgan fingerprint density at radius 3 is 2.71 bits per heavy atom. The van der Waals surface area contributed by atoms with Crippen molar-refractivity contribution in [3.05, 3.63) is 54.1 Å². The smallest absolute Gasteiger partial charge is 0.387 e. The number of alkyl halides is 2. The molecule has 28 heavy (non-hydrogen) atoms. The predicted octanol–water partition coefficient (Wildman–Crippen LogP) is 2.40. The molecule has 0 spiro atoms. The molecule has 0 aliphatic heterocycles. The Balaban J connectivity index is 1.49. The fraction of sp³-hybridized carbons (Fsp3) is 0.176. The molecule has 0 unspecified atom stereocenters. The van der Waals surface area contributed by atoms with Crippen molar-refractivity contribution < 1.29 is 36.7 Å². The molecule has 2 heterocycles. The molecule has 0 atom stereocenters. The number of benzene rings is 1. The average molecular weight is 393 g/mol. The van der Waals surface area contributed by atoms with E-state index in [1.807, 2.05) is 0 Å². The number of amides is 1. The molecule has 0 saturated carbocycles. The van der Waals surface area contributed by atoms with Gasteiger partial charge in [0.15, 0.2) is 12.4 Å². The van der Waals surface area contributed by atoms with Crippen LogP contribution in [-0.4, -0.2) is 35.2 Å². The second kappa shape index (κ2) is 8.75. The summed E-state index contributed by atoms with van der Waals surface area (Å²) < 4.78 is 44.3. The van der Waals surface area contributed by atoms with Gasteiger partial charge in [-0.1, -0.05) is 12.1 Å². The van der Waals surface area contributed by atoms with Crippen LogP contribution < -0.4 is 10.1 Å². The van der Waals surface area contributed by atoms with Crippen LogP contribution in [0, 0.1) is 0 Å². The zero-order valence-corrected chi connectivity index (χ0v) is 14.1. The minimum atomic E-state index is -3.08. The zero-order chi connectivity index (χ0) is 19.9. The number of hydrogen-bond acceptors (Lipinski definition) is 8. The van der Waals surface area contributed by atoms with E-state index in [2.05, 4.69) is 20.3 Å². The highest BCUT2D eigenvalue weighted by Gasteiger charge is 2.17. The number of nitrogens with zero attached hydrogens (tertiary/aromatic N) is 2. The molecule has 0 aliphatic rings. The predicted molar refractivity (Wildman–Crippen MR) is 87.2 cm³/mol. The Morgan fingerprint density at radius 2 is 1.96 bits per heavy atom. The second-order valence-electron chi connectivity index (χ2n) is 5.20. The van der Waals surface area contributed by atoms with Gasteiger partial charge < -0.3 is 23.6 Å². The van der Waals surface area contributed by atoms with Crippen molar-refractivity contribution in [1.82, 2.24) is 15.5 Å². The third-order valence-corrected chi connectivity index (χ3v) is 3.30. The topological polar surface area (TPSA) is 117 Å². The number of esters is 1. The third kappa shape index (κ3) is 4.90. The average Bonchev–Trinajstić information content (AvgIpc) is 3.36. The summed E-state index contributed by atoms with van der Waals surface area (Å²) in [6, 6.07) is 8.67. The first-order chi connectivity index (χ1) is 13.5. The maximum atomic E-state index is 12.4. The van der Waals surface area contributed by atoms with Gasteiger partial charge in [0.25, 0.3) is 17.7 Å². The molecular formula is C17H13F2N3O6. The molecule has 9 nitrogen and oxygen atoms in total. The van der Waals surface area contributed by atoms with Gasteiger partial charge in [-0.15, -0.1) is 10.2 Å². The lowest BCUT2D eigenvalue weighted by Gasteiger charge is -2.10. The Bertz CT molecular complexity index is 942. The summed E-state index contributed by atoms with van der Waals surface area (Å²) in [5.74, 6) is -1.35. The number of halogens is 2. The van der Waals surface area contributed by atoms with Crippen LogP contribution in [0.4, 0.5) is 8.78 Å². The molecule has 3 aromatic rings. The van der Waals surface area contributed by atoms with Crippen LogP contribution in [0.15, 0.2) is 51.5 Å². The molecule has 146 valence electrons. The first-order valence-electron chi connectivity index (χ1n) is 7.87. The van der Waals surface area contributed by atoms with Crippen LogP contribution in [0.25, 0.3) is 11.7 Å². The quantitative estimate of drug-likeness (QED) is 0.580. The first-order valence-corrected chi connectivity index (χ1v) is 7.87. The molecule has 11 heteroatoms. The third-order valence-electron chi connectivity index (χ3n) is 3.30. The zero-order valence-electron chi connectivity index (χ0n) is 14.1. The highest BCUT2D eigenvalue weighted by atomic mass is 19.3. The number of aromatic nitrogens is 2. The van der Waals surface area contributed by atoms with Crippen LogP contribution >= 0.6 is 0 Å². The van der Waals surface area contributed by atoms with Crippen LogP contribution in [0.5, 0.6) is 5.75 Å². The lowest BCUT2D eigenvalue weighted by molar-refractivity contribution is -0.144. The maximum absolute atomic E-state index is 12.4. The van der Waals surface area contributed by atoms with E-state index < -0.39 is 25.0 Å². The van der Waals surface area contributed by atoms with Gasteiger partial charge in [0.2, 0.25) is 0 Å². The van der Waals surface area contributed by atoms with E-state index in [4.69, 9.17) is 13.6 Å². The number of furan rings is 1. The molecule has 1 aromatic carbocycles. The standard InChI is InChI=1S/C17H13F2N3O6/c18-17(19)27-11-5-2-1-4-10(11)15(24)20-8-14(23)26-9-13-21-22-16(28-13)12-6-3-7-25-12/h1-7,17H,8-9H2,(H,20,24). The Hall–Kier alpha value is -3.76. The van der Waals surface area contributed by atoms with Crippen LogP contribution in [0.1, 0.15) is 16.2 Å². The Morgan fingerprint density at radius 1 is 1.14 bits per heavy atom. The van der Waals surface area contributed by atoms with Crippen molar-refractivity contribution in [3.8, 4) is 17.4 Å². The highest BCUT2D eigenvalue weighted by Crippen LogP contribution is 2.20. The van der Waals surface area contributed by atoms with Crippen molar-refractivity contribution in [2.45, 2.75) is 13.2 Å². The van der Waals surface area contributed by atoms with E-state index >= 15 is 0 Å². The molecule has 3 rings (SSSR count). The van der Waals surface area contributed by atoms with Gasteiger partial charge in [-0.3, -0.25) is 9.59 Å².